The van der Waals surface area contributed by atoms with Gasteiger partial charge in [-0.05, 0) is 20.8 Å². The highest BCUT2D eigenvalue weighted by Crippen LogP contribution is 2.14. The predicted molar refractivity (Wildman–Crippen MR) is 64.7 cm³/mol. The number of nitrogens with two attached hydrogens (primary N) is 1. The molecule has 0 rings (SSSR count). The number of ether oxygens (including phenoxy) is 2. The van der Waals surface area contributed by atoms with Crippen molar-refractivity contribution in [3.63, 3.8) is 0 Å². The van der Waals surface area contributed by atoms with E-state index >= 15 is 0 Å². The number of carbonyl (C=O) groups is 3. The van der Waals surface area contributed by atoms with Crippen molar-refractivity contribution >= 4 is 17.7 Å². The van der Waals surface area contributed by atoms with Gasteiger partial charge in [-0.25, -0.2) is 0 Å². The van der Waals surface area contributed by atoms with E-state index in [0.717, 1.165) is 0 Å². The summed E-state index contributed by atoms with van der Waals surface area (Å²) in [6, 6.07) is 0. The lowest BCUT2D eigenvalue weighted by atomic mass is 9.97. The van der Waals surface area contributed by atoms with Crippen molar-refractivity contribution in [2.24, 2.45) is 11.1 Å². The lowest BCUT2D eigenvalue weighted by Crippen LogP contribution is -2.25. The molecular formula is C12H21NO5. The fraction of sp³-hybridized carbons (Fsp3) is 0.750. The molecule has 0 aliphatic carbocycles. The van der Waals surface area contributed by atoms with Crippen LogP contribution in [0.3, 0.4) is 0 Å². The van der Waals surface area contributed by atoms with Crippen molar-refractivity contribution in [3.8, 4) is 0 Å². The van der Waals surface area contributed by atoms with E-state index < -0.39 is 11.4 Å². The zero-order valence-electron chi connectivity index (χ0n) is 11.2. The summed E-state index contributed by atoms with van der Waals surface area (Å²) in [7, 11) is 0. The molecule has 104 valence electrons. The van der Waals surface area contributed by atoms with Gasteiger partial charge in [-0.1, -0.05) is 0 Å². The average Bonchev–Trinajstić information content (AvgIpc) is 2.29. The van der Waals surface area contributed by atoms with Gasteiger partial charge in [0.1, 0.15) is 19.0 Å². The summed E-state index contributed by atoms with van der Waals surface area (Å²) in [5.74, 6) is -1.04. The topological polar surface area (TPSA) is 95.7 Å². The Kier molecular flexibility index (Phi) is 7.19. The number of ketones is 1. The average molecular weight is 259 g/mol. The standard InChI is InChI=1S/C12H21NO5/c1-12(2,3)11(16)18-7-6-17-10(15)5-4-9(14)8-13/h4-8,13H2,1-3H3. The molecule has 0 amide bonds. The van der Waals surface area contributed by atoms with E-state index in [-0.39, 0.29) is 44.4 Å². The number of esters is 2. The number of hydrogen-bond donors (Lipinski definition) is 1. The third kappa shape index (κ3) is 7.78. The van der Waals surface area contributed by atoms with Crippen LogP contribution in [0.1, 0.15) is 33.6 Å². The third-order valence-electron chi connectivity index (χ3n) is 2.03. The lowest BCUT2D eigenvalue weighted by molar-refractivity contribution is -0.158. The van der Waals surface area contributed by atoms with Crippen LogP contribution in [-0.4, -0.2) is 37.5 Å². The first-order valence-electron chi connectivity index (χ1n) is 5.82. The van der Waals surface area contributed by atoms with Crippen LogP contribution in [0.15, 0.2) is 0 Å². The van der Waals surface area contributed by atoms with Crippen molar-refractivity contribution in [1.29, 1.82) is 0 Å². The van der Waals surface area contributed by atoms with Crippen LogP contribution in [0.4, 0.5) is 0 Å². The Morgan fingerprint density at radius 3 is 2.06 bits per heavy atom. The van der Waals surface area contributed by atoms with E-state index in [4.69, 9.17) is 15.2 Å². The Labute approximate surface area is 107 Å². The Morgan fingerprint density at radius 1 is 1.00 bits per heavy atom. The summed E-state index contributed by atoms with van der Waals surface area (Å²) in [6.45, 7) is 5.15. The number of hydrogen-bond acceptors (Lipinski definition) is 6. The lowest BCUT2D eigenvalue weighted by Gasteiger charge is -2.16. The maximum atomic E-state index is 11.3. The highest BCUT2D eigenvalue weighted by atomic mass is 16.6. The van der Waals surface area contributed by atoms with Gasteiger partial charge in [-0.2, -0.15) is 0 Å². The molecule has 2 N–H and O–H groups in total. The van der Waals surface area contributed by atoms with Gasteiger partial charge in [0.25, 0.3) is 0 Å². The summed E-state index contributed by atoms with van der Waals surface area (Å²) in [5, 5.41) is 0. The second-order valence-corrected chi connectivity index (χ2v) is 4.85. The first-order valence-corrected chi connectivity index (χ1v) is 5.82. The number of carbonyl (C=O) groups excluding carboxylic acids is 3. The summed E-state index contributed by atoms with van der Waals surface area (Å²) in [6.07, 6.45) is 0.0837. The molecular weight excluding hydrogens is 238 g/mol. The molecule has 0 spiro atoms. The van der Waals surface area contributed by atoms with Gasteiger partial charge in [0.15, 0.2) is 0 Å². The van der Waals surface area contributed by atoms with Crippen LogP contribution in [-0.2, 0) is 23.9 Å². The van der Waals surface area contributed by atoms with E-state index in [1.54, 1.807) is 20.8 Å². The van der Waals surface area contributed by atoms with Gasteiger partial charge in [-0.15, -0.1) is 0 Å². The molecule has 0 heterocycles. The van der Waals surface area contributed by atoms with E-state index in [2.05, 4.69) is 0 Å². The molecule has 6 heteroatoms. The summed E-state index contributed by atoms with van der Waals surface area (Å²) in [5.41, 5.74) is 4.52. The minimum Gasteiger partial charge on any atom is -0.462 e. The van der Waals surface area contributed by atoms with Gasteiger partial charge >= 0.3 is 11.9 Å². The van der Waals surface area contributed by atoms with Crippen LogP contribution in [0.5, 0.6) is 0 Å². The molecule has 0 fully saturated rings. The second-order valence-electron chi connectivity index (χ2n) is 4.85. The van der Waals surface area contributed by atoms with E-state index in [0.29, 0.717) is 0 Å². The SMILES string of the molecule is CC(C)(C)C(=O)OCCOC(=O)CCC(=O)CN. The predicted octanol–water partition coefficient (Wildman–Crippen LogP) is 0.427. The Balaban J connectivity index is 3.64. The van der Waals surface area contributed by atoms with Crippen LogP contribution in [0, 0.1) is 5.41 Å². The minimum atomic E-state index is -0.572. The summed E-state index contributed by atoms with van der Waals surface area (Å²) < 4.78 is 9.69. The molecule has 0 radical (unpaired) electrons. The molecule has 0 aromatic heterocycles. The third-order valence-corrected chi connectivity index (χ3v) is 2.03. The molecule has 0 aromatic carbocycles. The first-order chi connectivity index (χ1) is 8.27. The van der Waals surface area contributed by atoms with Crippen LogP contribution < -0.4 is 5.73 Å². The highest BCUT2D eigenvalue weighted by molar-refractivity contribution is 5.84. The van der Waals surface area contributed by atoms with E-state index in [1.807, 2.05) is 0 Å². The summed E-state index contributed by atoms with van der Waals surface area (Å²) in [4.78, 5) is 33.3. The molecule has 0 aromatic rings. The number of Topliss-reactive ketones (excluding diaryl/α,β-unsaturated/α-hetero) is 1. The highest BCUT2D eigenvalue weighted by Gasteiger charge is 2.22. The monoisotopic (exact) mass is 259 g/mol. The smallest absolute Gasteiger partial charge is 0.311 e. The van der Waals surface area contributed by atoms with E-state index in [1.165, 1.54) is 0 Å². The quantitative estimate of drug-likeness (QED) is 0.526. The Bertz CT molecular complexity index is 306. The van der Waals surface area contributed by atoms with Crippen molar-refractivity contribution < 1.29 is 23.9 Å². The molecule has 0 aliphatic rings. The molecule has 0 unspecified atom stereocenters. The molecule has 0 bridgehead atoms. The van der Waals surface area contributed by atoms with Gasteiger partial charge < -0.3 is 15.2 Å². The minimum absolute atomic E-state index is 0.00251. The van der Waals surface area contributed by atoms with Crippen molar-refractivity contribution in [2.75, 3.05) is 19.8 Å². The van der Waals surface area contributed by atoms with Crippen LogP contribution >= 0.6 is 0 Å². The van der Waals surface area contributed by atoms with Gasteiger partial charge in [0.05, 0.1) is 18.4 Å². The fourth-order valence-electron chi connectivity index (χ4n) is 0.922. The first kappa shape index (κ1) is 16.6. The molecule has 18 heavy (non-hydrogen) atoms. The van der Waals surface area contributed by atoms with Crippen LogP contribution in [0.25, 0.3) is 0 Å². The van der Waals surface area contributed by atoms with Gasteiger partial charge in [-0.3, -0.25) is 14.4 Å². The van der Waals surface area contributed by atoms with Crippen molar-refractivity contribution in [1.82, 2.24) is 0 Å². The molecule has 0 saturated carbocycles. The second kappa shape index (κ2) is 7.81. The van der Waals surface area contributed by atoms with E-state index in [9.17, 15) is 14.4 Å². The van der Waals surface area contributed by atoms with Crippen LogP contribution in [0.2, 0.25) is 0 Å². The van der Waals surface area contributed by atoms with Crippen molar-refractivity contribution in [3.05, 3.63) is 0 Å². The number of rotatable bonds is 7. The largest absolute Gasteiger partial charge is 0.462 e. The molecule has 6 nitrogen and oxygen atoms in total. The maximum Gasteiger partial charge on any atom is 0.311 e. The zero-order chi connectivity index (χ0) is 14.2. The molecule has 0 aliphatic heterocycles. The van der Waals surface area contributed by atoms with Gasteiger partial charge in [0, 0.05) is 6.42 Å². The normalized spacial score (nSPS) is 10.9. The van der Waals surface area contributed by atoms with Crippen molar-refractivity contribution in [2.45, 2.75) is 33.6 Å². The Morgan fingerprint density at radius 2 is 1.56 bits per heavy atom. The van der Waals surface area contributed by atoms with Gasteiger partial charge in [0.2, 0.25) is 0 Å². The zero-order valence-corrected chi connectivity index (χ0v) is 11.2. The molecule has 0 saturated heterocycles. The fourth-order valence-corrected chi connectivity index (χ4v) is 0.922. The summed E-state index contributed by atoms with van der Waals surface area (Å²) >= 11 is 0. The maximum absolute atomic E-state index is 11.3. The Hall–Kier alpha value is -1.43. The molecule has 0 atom stereocenters.